The van der Waals surface area contributed by atoms with Gasteiger partial charge in [0.05, 0.1) is 0 Å². The number of nitrogens with one attached hydrogen (secondary N) is 1. The summed E-state index contributed by atoms with van der Waals surface area (Å²) in [6, 6.07) is 6.74. The van der Waals surface area contributed by atoms with E-state index in [9.17, 15) is 9.59 Å². The fourth-order valence-corrected chi connectivity index (χ4v) is 1.23. The van der Waals surface area contributed by atoms with E-state index < -0.39 is 0 Å². The van der Waals surface area contributed by atoms with Crippen LogP contribution < -0.4 is 5.32 Å². The summed E-state index contributed by atoms with van der Waals surface area (Å²) in [5.41, 5.74) is 0.848. The maximum atomic E-state index is 11.6. The molecule has 0 unspecified atom stereocenters. The Labute approximate surface area is 89.5 Å². The van der Waals surface area contributed by atoms with E-state index in [0.29, 0.717) is 24.0 Å². The Morgan fingerprint density at radius 1 is 1.40 bits per heavy atom. The molecule has 1 aromatic rings. The van der Waals surface area contributed by atoms with Crippen LogP contribution in [0.5, 0.6) is 0 Å². The zero-order valence-electron chi connectivity index (χ0n) is 8.53. The molecule has 15 heavy (non-hydrogen) atoms. The maximum Gasteiger partial charge on any atom is 0.252 e. The van der Waals surface area contributed by atoms with Crippen molar-refractivity contribution < 1.29 is 9.59 Å². The highest BCUT2D eigenvalue weighted by Crippen LogP contribution is 2.05. The molecule has 1 amide bonds. The summed E-state index contributed by atoms with van der Waals surface area (Å²) in [6.45, 7) is 4.27. The van der Waals surface area contributed by atoms with Crippen LogP contribution in [0.2, 0.25) is 0 Å². The molecule has 3 nitrogen and oxygen atoms in total. The molecule has 3 heteroatoms. The molecule has 1 aromatic carbocycles. The molecule has 0 fully saturated rings. The lowest BCUT2D eigenvalue weighted by Crippen LogP contribution is -2.25. The van der Waals surface area contributed by atoms with Gasteiger partial charge in [-0.25, -0.2) is 0 Å². The van der Waals surface area contributed by atoms with Gasteiger partial charge in [-0.3, -0.25) is 9.59 Å². The fourth-order valence-electron chi connectivity index (χ4n) is 1.23. The van der Waals surface area contributed by atoms with Crippen molar-refractivity contribution >= 4 is 12.2 Å². The summed E-state index contributed by atoms with van der Waals surface area (Å²) in [7, 11) is 0. The highest BCUT2D eigenvalue weighted by atomic mass is 16.1. The van der Waals surface area contributed by atoms with E-state index in [4.69, 9.17) is 0 Å². The topological polar surface area (TPSA) is 46.2 Å². The predicted octanol–water partition coefficient (Wildman–Crippen LogP) is 1.84. The summed E-state index contributed by atoms with van der Waals surface area (Å²) in [4.78, 5) is 22.3. The van der Waals surface area contributed by atoms with Crippen LogP contribution in [0, 0.1) is 6.92 Å². The second-order valence-corrected chi connectivity index (χ2v) is 3.17. The molecule has 0 aliphatic carbocycles. The number of aldehydes is 1. The summed E-state index contributed by atoms with van der Waals surface area (Å²) in [5.74, 6) is -0.203. The monoisotopic (exact) mass is 204 g/mol. The van der Waals surface area contributed by atoms with Gasteiger partial charge in [-0.2, -0.15) is 0 Å². The highest BCUT2D eigenvalue weighted by Gasteiger charge is 2.08. The first kappa shape index (κ1) is 11.4. The molecule has 1 rings (SSSR count). The number of hydrogen-bond donors (Lipinski definition) is 1. The second kappa shape index (κ2) is 5.96. The van der Waals surface area contributed by atoms with Crippen molar-refractivity contribution in [3.8, 4) is 0 Å². The third kappa shape index (κ3) is 3.20. The quantitative estimate of drug-likeness (QED) is 0.587. The van der Waals surface area contributed by atoms with Crippen molar-refractivity contribution in [2.75, 3.05) is 6.54 Å². The largest absolute Gasteiger partial charge is 0.352 e. The van der Waals surface area contributed by atoms with Gasteiger partial charge < -0.3 is 5.32 Å². The van der Waals surface area contributed by atoms with Crippen molar-refractivity contribution in [1.82, 2.24) is 5.32 Å². The van der Waals surface area contributed by atoms with E-state index in [-0.39, 0.29) is 5.91 Å². The molecule has 1 N–H and O–H groups in total. The van der Waals surface area contributed by atoms with E-state index >= 15 is 0 Å². The van der Waals surface area contributed by atoms with E-state index in [1.807, 2.05) is 0 Å². The van der Waals surface area contributed by atoms with Crippen LogP contribution in [0.3, 0.4) is 0 Å². The number of unbranched alkanes of at least 4 members (excludes halogenated alkanes) is 1. The van der Waals surface area contributed by atoms with Crippen molar-refractivity contribution in [3.63, 3.8) is 0 Å². The lowest BCUT2D eigenvalue weighted by Gasteiger charge is -2.05. The molecular weight excluding hydrogens is 190 g/mol. The number of carbonyl (C=O) groups is 2. The summed E-state index contributed by atoms with van der Waals surface area (Å²) in [5, 5.41) is 2.74. The Balaban J connectivity index is 2.68. The Morgan fingerprint density at radius 3 is 2.80 bits per heavy atom. The summed E-state index contributed by atoms with van der Waals surface area (Å²) >= 11 is 0. The first-order chi connectivity index (χ1) is 7.29. The lowest BCUT2D eigenvalue weighted by atomic mass is 10.1. The molecule has 0 bridgehead atoms. The van der Waals surface area contributed by atoms with Crippen LogP contribution in [-0.2, 0) is 0 Å². The van der Waals surface area contributed by atoms with E-state index in [0.717, 1.165) is 12.8 Å². The van der Waals surface area contributed by atoms with Crippen molar-refractivity contribution in [3.05, 3.63) is 42.3 Å². The number of hydrogen-bond acceptors (Lipinski definition) is 2. The number of rotatable bonds is 5. The smallest absolute Gasteiger partial charge is 0.252 e. The lowest BCUT2D eigenvalue weighted by molar-refractivity contribution is 0.0948. The Kier molecular flexibility index (Phi) is 4.54. The van der Waals surface area contributed by atoms with Crippen molar-refractivity contribution in [1.29, 1.82) is 0 Å². The van der Waals surface area contributed by atoms with Crippen LogP contribution >= 0.6 is 0 Å². The molecule has 0 saturated carbocycles. The first-order valence-electron chi connectivity index (χ1n) is 4.91. The van der Waals surface area contributed by atoms with Crippen LogP contribution in [0.25, 0.3) is 0 Å². The van der Waals surface area contributed by atoms with Gasteiger partial charge in [-0.1, -0.05) is 31.5 Å². The molecule has 1 radical (unpaired) electrons. The zero-order chi connectivity index (χ0) is 11.1. The van der Waals surface area contributed by atoms with Gasteiger partial charge >= 0.3 is 0 Å². The van der Waals surface area contributed by atoms with Gasteiger partial charge in [0.2, 0.25) is 0 Å². The van der Waals surface area contributed by atoms with Crippen molar-refractivity contribution in [2.24, 2.45) is 0 Å². The minimum Gasteiger partial charge on any atom is -0.352 e. The molecule has 0 spiro atoms. The Morgan fingerprint density at radius 2 is 2.13 bits per heavy atom. The first-order valence-corrected chi connectivity index (χ1v) is 4.91. The van der Waals surface area contributed by atoms with E-state index in [1.54, 1.807) is 24.3 Å². The minimum absolute atomic E-state index is 0.203. The summed E-state index contributed by atoms with van der Waals surface area (Å²) < 4.78 is 0. The Hall–Kier alpha value is -1.64. The average Bonchev–Trinajstić information content (AvgIpc) is 2.29. The van der Waals surface area contributed by atoms with Crippen LogP contribution in [-0.4, -0.2) is 18.7 Å². The molecule has 0 aliphatic heterocycles. The SMILES string of the molecule is [CH2]CCCNC(=O)c1ccccc1C=O. The molecule has 0 saturated heterocycles. The molecule has 0 heterocycles. The number of amides is 1. The third-order valence-electron chi connectivity index (χ3n) is 2.04. The van der Waals surface area contributed by atoms with E-state index in [1.165, 1.54) is 0 Å². The summed E-state index contributed by atoms with van der Waals surface area (Å²) in [6.07, 6.45) is 2.32. The zero-order valence-corrected chi connectivity index (χ0v) is 8.53. The van der Waals surface area contributed by atoms with Gasteiger partial charge in [-0.15, -0.1) is 0 Å². The third-order valence-corrected chi connectivity index (χ3v) is 2.04. The molecule has 0 aromatic heterocycles. The molecule has 79 valence electrons. The molecule has 0 aliphatic rings. The maximum absolute atomic E-state index is 11.6. The minimum atomic E-state index is -0.203. The van der Waals surface area contributed by atoms with Gasteiger partial charge in [0.1, 0.15) is 0 Å². The van der Waals surface area contributed by atoms with Gasteiger partial charge in [-0.05, 0) is 12.5 Å². The van der Waals surface area contributed by atoms with Gasteiger partial charge in [0.25, 0.3) is 5.91 Å². The molecular formula is C12H14NO2. The number of benzene rings is 1. The van der Waals surface area contributed by atoms with Crippen LogP contribution in [0.4, 0.5) is 0 Å². The van der Waals surface area contributed by atoms with Crippen LogP contribution in [0.1, 0.15) is 33.6 Å². The average molecular weight is 204 g/mol. The van der Waals surface area contributed by atoms with Crippen molar-refractivity contribution in [2.45, 2.75) is 12.8 Å². The van der Waals surface area contributed by atoms with Crippen LogP contribution in [0.15, 0.2) is 24.3 Å². The Bertz CT molecular complexity index is 347. The second-order valence-electron chi connectivity index (χ2n) is 3.17. The number of carbonyl (C=O) groups excluding carboxylic acids is 2. The normalized spacial score (nSPS) is 9.67. The predicted molar refractivity (Wildman–Crippen MR) is 58.8 cm³/mol. The van der Waals surface area contributed by atoms with Gasteiger partial charge in [0, 0.05) is 17.7 Å². The standard InChI is InChI=1S/C12H14NO2/c1-2-3-8-13-12(15)11-7-5-4-6-10(11)9-14/h4-7,9H,1-3,8H2,(H,13,15). The van der Waals surface area contributed by atoms with E-state index in [2.05, 4.69) is 12.2 Å². The fraction of sp³-hybridized carbons (Fsp3) is 0.250. The van der Waals surface area contributed by atoms with Gasteiger partial charge in [0.15, 0.2) is 6.29 Å². The highest BCUT2D eigenvalue weighted by molar-refractivity contribution is 6.01. The molecule has 0 atom stereocenters.